The van der Waals surface area contributed by atoms with E-state index in [1.807, 2.05) is 20.8 Å². The number of ether oxygens (including phenoxy) is 1. The third-order valence-electron chi connectivity index (χ3n) is 5.52. The molecule has 0 spiro atoms. The molecule has 5 heteroatoms. The van der Waals surface area contributed by atoms with Crippen LogP contribution in [0.2, 0.25) is 0 Å². The van der Waals surface area contributed by atoms with Crippen LogP contribution >= 0.6 is 0 Å². The molecule has 4 unspecified atom stereocenters. The van der Waals surface area contributed by atoms with Crippen molar-refractivity contribution in [3.8, 4) is 0 Å². The summed E-state index contributed by atoms with van der Waals surface area (Å²) in [4.78, 5) is 23.5. The predicted molar refractivity (Wildman–Crippen MR) is 78.8 cm³/mol. The first kappa shape index (κ1) is 16.3. The number of amides is 1. The van der Waals surface area contributed by atoms with Crippen LogP contribution in [0.1, 0.15) is 52.9 Å². The lowest BCUT2D eigenvalue weighted by Gasteiger charge is -2.46. The van der Waals surface area contributed by atoms with Gasteiger partial charge in [0, 0.05) is 12.6 Å². The topological polar surface area (TPSA) is 75.6 Å². The molecule has 5 nitrogen and oxygen atoms in total. The Balaban J connectivity index is 1.92. The molecule has 1 aliphatic carbocycles. The summed E-state index contributed by atoms with van der Waals surface area (Å²) in [5, 5.41) is 12.4. The molecule has 1 amide bonds. The van der Waals surface area contributed by atoms with Gasteiger partial charge in [-0.05, 0) is 37.0 Å². The first-order chi connectivity index (χ1) is 9.82. The van der Waals surface area contributed by atoms with Crippen LogP contribution in [-0.4, -0.2) is 35.7 Å². The number of hydrogen-bond acceptors (Lipinski definition) is 3. The molecule has 1 heterocycles. The average molecular weight is 297 g/mol. The lowest BCUT2D eigenvalue weighted by Crippen LogP contribution is -2.52. The minimum atomic E-state index is -0.726. The van der Waals surface area contributed by atoms with Crippen LogP contribution in [-0.2, 0) is 14.3 Å². The van der Waals surface area contributed by atoms with Gasteiger partial charge in [0.05, 0.1) is 18.4 Å². The normalized spacial score (nSPS) is 35.4. The van der Waals surface area contributed by atoms with E-state index in [2.05, 4.69) is 5.32 Å². The Morgan fingerprint density at radius 1 is 1.29 bits per heavy atom. The fourth-order valence-corrected chi connectivity index (χ4v) is 3.72. The molecular formula is C16H27NO4. The number of carbonyl (C=O) groups is 2. The number of carboxylic acid groups (broad SMARTS) is 1. The predicted octanol–water partition coefficient (Wildman–Crippen LogP) is 2.20. The van der Waals surface area contributed by atoms with E-state index in [1.54, 1.807) is 0 Å². The Labute approximate surface area is 126 Å². The molecule has 0 radical (unpaired) electrons. The van der Waals surface area contributed by atoms with Gasteiger partial charge in [0.25, 0.3) is 0 Å². The van der Waals surface area contributed by atoms with Crippen molar-refractivity contribution in [2.45, 2.75) is 65.0 Å². The molecule has 2 N–H and O–H groups in total. The standard InChI is InChI=1S/C16H27NO4/c1-10-13(7-6-12(15(19)20)16(10,2)3)17-14(18)9-11-5-4-8-21-11/h10-13H,4-9H2,1-3H3,(H,17,18)(H,19,20). The minimum absolute atomic E-state index is 0.0309. The maximum absolute atomic E-state index is 12.1. The summed E-state index contributed by atoms with van der Waals surface area (Å²) in [6.07, 6.45) is 3.83. The van der Waals surface area contributed by atoms with Gasteiger partial charge < -0.3 is 15.2 Å². The Bertz CT molecular complexity index is 401. The second kappa shape index (κ2) is 6.34. The SMILES string of the molecule is CC1C(NC(=O)CC2CCCO2)CCC(C(=O)O)C1(C)C. The van der Waals surface area contributed by atoms with E-state index in [0.29, 0.717) is 12.8 Å². The molecular weight excluding hydrogens is 270 g/mol. The van der Waals surface area contributed by atoms with Crippen LogP contribution in [0.5, 0.6) is 0 Å². The van der Waals surface area contributed by atoms with E-state index in [0.717, 1.165) is 25.9 Å². The van der Waals surface area contributed by atoms with Crippen molar-refractivity contribution >= 4 is 11.9 Å². The second-order valence-corrected chi connectivity index (χ2v) is 7.09. The molecule has 0 aromatic carbocycles. The van der Waals surface area contributed by atoms with Crippen molar-refractivity contribution in [1.82, 2.24) is 5.32 Å². The highest BCUT2D eigenvalue weighted by Crippen LogP contribution is 2.45. The van der Waals surface area contributed by atoms with Crippen molar-refractivity contribution in [2.75, 3.05) is 6.61 Å². The van der Waals surface area contributed by atoms with Crippen molar-refractivity contribution < 1.29 is 19.4 Å². The Morgan fingerprint density at radius 2 is 2.00 bits per heavy atom. The third kappa shape index (κ3) is 3.57. The quantitative estimate of drug-likeness (QED) is 0.834. The molecule has 0 bridgehead atoms. The van der Waals surface area contributed by atoms with Crippen molar-refractivity contribution in [3.63, 3.8) is 0 Å². The van der Waals surface area contributed by atoms with Gasteiger partial charge >= 0.3 is 5.97 Å². The van der Waals surface area contributed by atoms with Gasteiger partial charge in [-0.3, -0.25) is 9.59 Å². The largest absolute Gasteiger partial charge is 0.481 e. The Kier molecular flexibility index (Phi) is 4.91. The maximum atomic E-state index is 12.1. The van der Waals surface area contributed by atoms with Crippen LogP contribution < -0.4 is 5.32 Å². The first-order valence-corrected chi connectivity index (χ1v) is 7.96. The summed E-state index contributed by atoms with van der Waals surface area (Å²) in [6, 6.07) is 0.0597. The fourth-order valence-electron chi connectivity index (χ4n) is 3.72. The van der Waals surface area contributed by atoms with Gasteiger partial charge in [0.2, 0.25) is 5.91 Å². The van der Waals surface area contributed by atoms with Crippen LogP contribution in [0.3, 0.4) is 0 Å². The number of aliphatic carboxylic acids is 1. The monoisotopic (exact) mass is 297 g/mol. The van der Waals surface area contributed by atoms with Crippen LogP contribution in [0.4, 0.5) is 0 Å². The summed E-state index contributed by atoms with van der Waals surface area (Å²) in [6.45, 7) is 6.79. The molecule has 120 valence electrons. The van der Waals surface area contributed by atoms with E-state index < -0.39 is 5.97 Å². The molecule has 1 saturated heterocycles. The minimum Gasteiger partial charge on any atom is -0.481 e. The summed E-state index contributed by atoms with van der Waals surface area (Å²) >= 11 is 0. The molecule has 2 fully saturated rings. The number of nitrogens with one attached hydrogen (secondary N) is 1. The number of rotatable bonds is 4. The van der Waals surface area contributed by atoms with Gasteiger partial charge in [-0.15, -0.1) is 0 Å². The summed E-state index contributed by atoms with van der Waals surface area (Å²) in [5.41, 5.74) is -0.314. The fraction of sp³-hybridized carbons (Fsp3) is 0.875. The van der Waals surface area contributed by atoms with Crippen molar-refractivity contribution in [2.24, 2.45) is 17.3 Å². The van der Waals surface area contributed by atoms with Gasteiger partial charge in [-0.2, -0.15) is 0 Å². The molecule has 4 atom stereocenters. The molecule has 1 aliphatic heterocycles. The lowest BCUT2D eigenvalue weighted by molar-refractivity contribution is -0.150. The van der Waals surface area contributed by atoms with E-state index in [9.17, 15) is 14.7 Å². The molecule has 1 saturated carbocycles. The summed E-state index contributed by atoms with van der Waals surface area (Å²) in [5.74, 6) is -0.890. The van der Waals surface area contributed by atoms with Gasteiger partial charge in [0.15, 0.2) is 0 Å². The Hall–Kier alpha value is -1.10. The highest BCUT2D eigenvalue weighted by atomic mass is 16.5. The molecule has 0 aromatic heterocycles. The van der Waals surface area contributed by atoms with E-state index in [4.69, 9.17) is 4.74 Å². The zero-order valence-electron chi connectivity index (χ0n) is 13.2. The molecule has 2 aliphatic rings. The summed E-state index contributed by atoms with van der Waals surface area (Å²) < 4.78 is 5.49. The number of carbonyl (C=O) groups excluding carboxylic acids is 1. The maximum Gasteiger partial charge on any atom is 0.307 e. The number of hydrogen-bond donors (Lipinski definition) is 2. The highest BCUT2D eigenvalue weighted by Gasteiger charge is 2.46. The van der Waals surface area contributed by atoms with E-state index in [-0.39, 0.29) is 35.3 Å². The molecule has 21 heavy (non-hydrogen) atoms. The lowest BCUT2D eigenvalue weighted by atomic mass is 9.61. The van der Waals surface area contributed by atoms with Crippen molar-refractivity contribution in [1.29, 1.82) is 0 Å². The van der Waals surface area contributed by atoms with Crippen LogP contribution in [0.25, 0.3) is 0 Å². The van der Waals surface area contributed by atoms with Gasteiger partial charge in [-0.25, -0.2) is 0 Å². The van der Waals surface area contributed by atoms with Crippen molar-refractivity contribution in [3.05, 3.63) is 0 Å². The van der Waals surface area contributed by atoms with E-state index >= 15 is 0 Å². The van der Waals surface area contributed by atoms with Gasteiger partial charge in [-0.1, -0.05) is 20.8 Å². The van der Waals surface area contributed by atoms with Crippen LogP contribution in [0.15, 0.2) is 0 Å². The van der Waals surface area contributed by atoms with E-state index in [1.165, 1.54) is 0 Å². The molecule has 2 rings (SSSR count). The average Bonchev–Trinajstić information content (AvgIpc) is 2.87. The Morgan fingerprint density at radius 3 is 2.57 bits per heavy atom. The smallest absolute Gasteiger partial charge is 0.307 e. The van der Waals surface area contributed by atoms with Crippen LogP contribution in [0, 0.1) is 17.3 Å². The highest BCUT2D eigenvalue weighted by molar-refractivity contribution is 5.77. The zero-order valence-corrected chi connectivity index (χ0v) is 13.2. The zero-order chi connectivity index (χ0) is 15.6. The third-order valence-corrected chi connectivity index (χ3v) is 5.52. The number of carboxylic acids is 1. The van der Waals surface area contributed by atoms with Gasteiger partial charge in [0.1, 0.15) is 0 Å². The first-order valence-electron chi connectivity index (χ1n) is 7.96. The molecule has 0 aromatic rings. The summed E-state index contributed by atoms with van der Waals surface area (Å²) in [7, 11) is 0. The second-order valence-electron chi connectivity index (χ2n) is 7.09.